The lowest BCUT2D eigenvalue weighted by molar-refractivity contribution is 0.550. The van der Waals surface area contributed by atoms with E-state index in [4.69, 9.17) is 4.99 Å². The van der Waals surface area contributed by atoms with Crippen LogP contribution in [0.3, 0.4) is 0 Å². The first-order chi connectivity index (χ1) is 7.93. The molecule has 0 aromatic heterocycles. The van der Waals surface area contributed by atoms with Crippen molar-refractivity contribution in [1.29, 1.82) is 0 Å². The molecule has 0 radical (unpaired) electrons. The number of aliphatic imine (C=N–C) groups is 1. The lowest BCUT2D eigenvalue weighted by Gasteiger charge is -2.24. The maximum atomic E-state index is 4.86. The second kappa shape index (κ2) is 2.94. The molecular weight excluding hydrogens is 194 g/mol. The fourth-order valence-electron chi connectivity index (χ4n) is 3.17. The Morgan fingerprint density at radius 3 is 3.06 bits per heavy atom. The summed E-state index contributed by atoms with van der Waals surface area (Å²) in [6.45, 7) is 0. The van der Waals surface area contributed by atoms with E-state index < -0.39 is 0 Å². The van der Waals surface area contributed by atoms with Crippen molar-refractivity contribution in [3.63, 3.8) is 0 Å². The van der Waals surface area contributed by atoms with Gasteiger partial charge >= 0.3 is 0 Å². The normalized spacial score (nSPS) is 37.5. The van der Waals surface area contributed by atoms with Crippen molar-refractivity contribution in [3.05, 3.63) is 59.8 Å². The Balaban J connectivity index is 1.86. The topological polar surface area (TPSA) is 12.4 Å². The number of rotatable bonds is 0. The van der Waals surface area contributed by atoms with Crippen LogP contribution in [0, 0.1) is 11.8 Å². The number of allylic oxidation sites excluding steroid dienone is 7. The molecule has 78 valence electrons. The van der Waals surface area contributed by atoms with Crippen molar-refractivity contribution in [2.75, 3.05) is 0 Å². The SMILES string of the molecule is C1=CCC2=CC3=NC(C2=C1)C1C=CC=CC31. The van der Waals surface area contributed by atoms with E-state index in [1.807, 2.05) is 0 Å². The minimum Gasteiger partial charge on any atom is -0.280 e. The van der Waals surface area contributed by atoms with Gasteiger partial charge < -0.3 is 0 Å². The standard InChI is InChI=1S/C15H13N/c1-2-6-11-10(5-1)9-14-12-7-3-4-8-13(12)15(11)16-14/h1-4,6-9,12-13,15H,5H2. The third kappa shape index (κ3) is 0.981. The van der Waals surface area contributed by atoms with Gasteiger partial charge in [0.1, 0.15) is 0 Å². The first-order valence-corrected chi connectivity index (χ1v) is 5.94. The number of dihydropyridines is 1. The van der Waals surface area contributed by atoms with Gasteiger partial charge in [-0.25, -0.2) is 0 Å². The predicted molar refractivity (Wildman–Crippen MR) is 66.4 cm³/mol. The lowest BCUT2D eigenvalue weighted by atomic mass is 9.81. The van der Waals surface area contributed by atoms with E-state index in [-0.39, 0.29) is 0 Å². The number of nitrogens with zero attached hydrogens (tertiary/aromatic N) is 1. The average Bonchev–Trinajstić information content (AvgIpc) is 2.65. The fraction of sp³-hybridized carbons (Fsp3) is 0.267. The van der Waals surface area contributed by atoms with Crippen LogP contribution in [0.2, 0.25) is 0 Å². The molecule has 3 atom stereocenters. The van der Waals surface area contributed by atoms with E-state index in [1.165, 1.54) is 16.9 Å². The maximum absolute atomic E-state index is 4.86. The van der Waals surface area contributed by atoms with Crippen LogP contribution < -0.4 is 0 Å². The molecule has 4 aliphatic rings. The quantitative estimate of drug-likeness (QED) is 0.579. The summed E-state index contributed by atoms with van der Waals surface area (Å²) in [5, 5.41) is 0. The molecule has 1 nitrogen and oxygen atoms in total. The Bertz CT molecular complexity index is 526. The Morgan fingerprint density at radius 2 is 2.06 bits per heavy atom. The molecular formula is C15H13N. The Morgan fingerprint density at radius 1 is 1.12 bits per heavy atom. The number of fused-ring (bicyclic) bond motifs is 6. The summed E-state index contributed by atoms with van der Waals surface area (Å²) in [5.41, 5.74) is 4.21. The lowest BCUT2D eigenvalue weighted by Crippen LogP contribution is -2.21. The fourth-order valence-corrected chi connectivity index (χ4v) is 3.17. The van der Waals surface area contributed by atoms with Gasteiger partial charge in [-0.3, -0.25) is 4.99 Å². The zero-order chi connectivity index (χ0) is 10.5. The molecule has 0 saturated carbocycles. The van der Waals surface area contributed by atoms with Crippen LogP contribution >= 0.6 is 0 Å². The van der Waals surface area contributed by atoms with Crippen LogP contribution in [0.15, 0.2) is 64.7 Å². The molecule has 16 heavy (non-hydrogen) atoms. The molecule has 2 bridgehead atoms. The van der Waals surface area contributed by atoms with E-state index in [2.05, 4.69) is 48.6 Å². The van der Waals surface area contributed by atoms with Gasteiger partial charge in [0.05, 0.1) is 6.04 Å². The zero-order valence-electron chi connectivity index (χ0n) is 9.01. The Labute approximate surface area is 95.3 Å². The van der Waals surface area contributed by atoms with Crippen molar-refractivity contribution in [1.82, 2.24) is 0 Å². The van der Waals surface area contributed by atoms with Crippen LogP contribution in [0.1, 0.15) is 6.42 Å². The highest BCUT2D eigenvalue weighted by Crippen LogP contribution is 2.43. The van der Waals surface area contributed by atoms with Gasteiger partial charge in [0.15, 0.2) is 0 Å². The van der Waals surface area contributed by atoms with Crippen LogP contribution in [0.5, 0.6) is 0 Å². The summed E-state index contributed by atoms with van der Waals surface area (Å²) in [7, 11) is 0. The molecule has 3 unspecified atom stereocenters. The van der Waals surface area contributed by atoms with E-state index >= 15 is 0 Å². The molecule has 0 amide bonds. The summed E-state index contributed by atoms with van der Waals surface area (Å²) in [6, 6.07) is 0.381. The second-order valence-electron chi connectivity index (χ2n) is 4.80. The van der Waals surface area contributed by atoms with Gasteiger partial charge in [-0.1, -0.05) is 42.5 Å². The van der Waals surface area contributed by atoms with Gasteiger partial charge in [-0.2, -0.15) is 0 Å². The third-order valence-electron chi connectivity index (χ3n) is 3.93. The van der Waals surface area contributed by atoms with Gasteiger partial charge in [0, 0.05) is 17.5 Å². The van der Waals surface area contributed by atoms with Crippen LogP contribution in [0.4, 0.5) is 0 Å². The molecule has 2 aliphatic carbocycles. The Kier molecular flexibility index (Phi) is 1.57. The minimum absolute atomic E-state index is 0.381. The second-order valence-corrected chi connectivity index (χ2v) is 4.80. The highest BCUT2D eigenvalue weighted by Gasteiger charge is 2.41. The van der Waals surface area contributed by atoms with Crippen LogP contribution in [0.25, 0.3) is 0 Å². The van der Waals surface area contributed by atoms with E-state index in [0.29, 0.717) is 17.9 Å². The summed E-state index contributed by atoms with van der Waals surface area (Å²) >= 11 is 0. The number of hydrogen-bond donors (Lipinski definition) is 0. The van der Waals surface area contributed by atoms with Crippen molar-refractivity contribution >= 4 is 5.71 Å². The molecule has 1 heteroatoms. The van der Waals surface area contributed by atoms with Gasteiger partial charge in [0.25, 0.3) is 0 Å². The monoisotopic (exact) mass is 207 g/mol. The van der Waals surface area contributed by atoms with Gasteiger partial charge in [-0.15, -0.1) is 0 Å². The smallest absolute Gasteiger partial charge is 0.0827 e. The first-order valence-electron chi connectivity index (χ1n) is 5.94. The highest BCUT2D eigenvalue weighted by molar-refractivity contribution is 6.03. The van der Waals surface area contributed by atoms with E-state index in [9.17, 15) is 0 Å². The largest absolute Gasteiger partial charge is 0.280 e. The average molecular weight is 207 g/mol. The van der Waals surface area contributed by atoms with Crippen LogP contribution in [-0.4, -0.2) is 11.8 Å². The summed E-state index contributed by atoms with van der Waals surface area (Å²) in [5.74, 6) is 1.08. The van der Waals surface area contributed by atoms with E-state index in [1.54, 1.807) is 0 Å². The van der Waals surface area contributed by atoms with Crippen LogP contribution in [-0.2, 0) is 0 Å². The highest BCUT2D eigenvalue weighted by atomic mass is 14.9. The third-order valence-corrected chi connectivity index (χ3v) is 3.93. The first kappa shape index (κ1) is 8.51. The molecule has 2 heterocycles. The Hall–Kier alpha value is -1.63. The molecule has 0 fully saturated rings. The zero-order valence-corrected chi connectivity index (χ0v) is 9.01. The maximum Gasteiger partial charge on any atom is 0.0827 e. The van der Waals surface area contributed by atoms with Gasteiger partial charge in [0.2, 0.25) is 0 Å². The van der Waals surface area contributed by atoms with Crippen molar-refractivity contribution < 1.29 is 0 Å². The molecule has 0 aromatic rings. The number of hydrogen-bond acceptors (Lipinski definition) is 1. The molecule has 4 rings (SSSR count). The summed E-state index contributed by atoms with van der Waals surface area (Å²) in [4.78, 5) is 4.86. The summed E-state index contributed by atoms with van der Waals surface area (Å²) < 4.78 is 0. The molecule has 0 N–H and O–H groups in total. The predicted octanol–water partition coefficient (Wildman–Crippen LogP) is 2.99. The molecule has 0 saturated heterocycles. The van der Waals surface area contributed by atoms with E-state index in [0.717, 1.165) is 6.42 Å². The summed E-state index contributed by atoms with van der Waals surface area (Å²) in [6.07, 6.45) is 19.0. The molecule has 0 spiro atoms. The van der Waals surface area contributed by atoms with Crippen molar-refractivity contribution in [3.8, 4) is 0 Å². The molecule has 0 aromatic carbocycles. The van der Waals surface area contributed by atoms with Crippen molar-refractivity contribution in [2.45, 2.75) is 12.5 Å². The molecule has 2 aliphatic heterocycles. The minimum atomic E-state index is 0.381. The van der Waals surface area contributed by atoms with Gasteiger partial charge in [-0.05, 0) is 23.6 Å². The van der Waals surface area contributed by atoms with Crippen molar-refractivity contribution in [2.24, 2.45) is 16.8 Å².